The third-order valence-corrected chi connectivity index (χ3v) is 3.62. The first kappa shape index (κ1) is 18.1. The predicted octanol–water partition coefficient (Wildman–Crippen LogP) is 0.666. The van der Waals surface area contributed by atoms with E-state index in [0.29, 0.717) is 24.1 Å². The molecule has 0 unspecified atom stereocenters. The zero-order valence-electron chi connectivity index (χ0n) is 12.4. The molecule has 0 radical (unpaired) electrons. The van der Waals surface area contributed by atoms with Gasteiger partial charge in [0.2, 0.25) is 0 Å². The maximum absolute atomic E-state index is 11.8. The standard InChI is InChI=1S/C13H22Cl2N4O2/c1-17-11(10-12(20)18(2)13(17)21)16-6-3-7-19(8-4-14)9-5-15/h10,16H,3-9H2,1-2H3. The molecule has 1 rings (SSSR count). The molecular formula is C13H22Cl2N4O2. The van der Waals surface area contributed by atoms with Crippen molar-refractivity contribution in [2.75, 3.05) is 43.3 Å². The Morgan fingerprint density at radius 3 is 2.29 bits per heavy atom. The van der Waals surface area contributed by atoms with E-state index >= 15 is 0 Å². The zero-order chi connectivity index (χ0) is 15.8. The van der Waals surface area contributed by atoms with Crippen LogP contribution in [-0.4, -0.2) is 52.0 Å². The van der Waals surface area contributed by atoms with Crippen molar-refractivity contribution in [1.82, 2.24) is 14.0 Å². The van der Waals surface area contributed by atoms with Gasteiger partial charge in [0.25, 0.3) is 5.56 Å². The molecule has 0 atom stereocenters. The highest BCUT2D eigenvalue weighted by molar-refractivity contribution is 6.18. The molecule has 0 saturated carbocycles. The van der Waals surface area contributed by atoms with Crippen LogP contribution in [0.4, 0.5) is 5.82 Å². The minimum atomic E-state index is -0.337. The summed E-state index contributed by atoms with van der Waals surface area (Å²) in [6, 6.07) is 1.43. The third-order valence-electron chi connectivity index (χ3n) is 3.28. The number of nitrogens with one attached hydrogen (secondary N) is 1. The minimum Gasteiger partial charge on any atom is -0.371 e. The number of anilines is 1. The van der Waals surface area contributed by atoms with Crippen molar-refractivity contribution in [3.63, 3.8) is 0 Å². The summed E-state index contributed by atoms with van der Waals surface area (Å²) in [5.74, 6) is 1.69. The monoisotopic (exact) mass is 336 g/mol. The molecule has 0 spiro atoms. The normalized spacial score (nSPS) is 11.1. The highest BCUT2D eigenvalue weighted by Crippen LogP contribution is 2.00. The zero-order valence-corrected chi connectivity index (χ0v) is 14.0. The van der Waals surface area contributed by atoms with Crippen LogP contribution in [0.2, 0.25) is 0 Å². The second kappa shape index (κ2) is 9.12. The first-order valence-electron chi connectivity index (χ1n) is 6.86. The van der Waals surface area contributed by atoms with Crippen molar-refractivity contribution in [2.45, 2.75) is 6.42 Å². The topological polar surface area (TPSA) is 59.3 Å². The molecule has 1 N–H and O–H groups in total. The van der Waals surface area contributed by atoms with E-state index in [1.165, 1.54) is 17.7 Å². The summed E-state index contributed by atoms with van der Waals surface area (Å²) in [7, 11) is 3.10. The van der Waals surface area contributed by atoms with Crippen LogP contribution in [0.25, 0.3) is 0 Å². The number of halogens is 2. The van der Waals surface area contributed by atoms with E-state index < -0.39 is 0 Å². The first-order chi connectivity index (χ1) is 10.0. The molecule has 8 heteroatoms. The van der Waals surface area contributed by atoms with Crippen molar-refractivity contribution in [3.05, 3.63) is 26.9 Å². The number of hydrogen-bond acceptors (Lipinski definition) is 4. The Labute approximate surface area is 134 Å². The van der Waals surface area contributed by atoms with Gasteiger partial charge in [-0.15, -0.1) is 23.2 Å². The molecule has 1 aromatic heterocycles. The maximum Gasteiger partial charge on any atom is 0.332 e. The molecule has 0 fully saturated rings. The molecule has 0 bridgehead atoms. The summed E-state index contributed by atoms with van der Waals surface area (Å²) in [5, 5.41) is 3.12. The Morgan fingerprint density at radius 1 is 1.10 bits per heavy atom. The average molecular weight is 337 g/mol. The van der Waals surface area contributed by atoms with Gasteiger partial charge in [0.05, 0.1) is 0 Å². The fourth-order valence-electron chi connectivity index (χ4n) is 2.00. The van der Waals surface area contributed by atoms with Crippen molar-refractivity contribution in [2.24, 2.45) is 14.1 Å². The quantitative estimate of drug-likeness (QED) is 0.531. The number of nitrogens with zero attached hydrogens (tertiary/aromatic N) is 3. The summed E-state index contributed by atoms with van der Waals surface area (Å²) in [5.41, 5.74) is -0.651. The Balaban J connectivity index is 2.53. The van der Waals surface area contributed by atoms with Crippen LogP contribution in [0.15, 0.2) is 15.7 Å². The van der Waals surface area contributed by atoms with E-state index in [9.17, 15) is 9.59 Å². The van der Waals surface area contributed by atoms with Gasteiger partial charge in [0.1, 0.15) is 5.82 Å². The molecule has 0 aliphatic heterocycles. The lowest BCUT2D eigenvalue weighted by atomic mass is 10.3. The number of rotatable bonds is 9. The SMILES string of the molecule is Cn1c(NCCCN(CCCl)CCCl)cc(=O)n(C)c1=O. The molecule has 1 heterocycles. The van der Waals surface area contributed by atoms with E-state index in [1.807, 2.05) is 0 Å². The molecule has 0 aliphatic rings. The van der Waals surface area contributed by atoms with Gasteiger partial charge in [-0.3, -0.25) is 13.9 Å². The number of alkyl halides is 2. The summed E-state index contributed by atoms with van der Waals surface area (Å²) >= 11 is 11.5. The van der Waals surface area contributed by atoms with Gasteiger partial charge in [0.15, 0.2) is 0 Å². The Morgan fingerprint density at radius 2 is 1.71 bits per heavy atom. The maximum atomic E-state index is 11.8. The van der Waals surface area contributed by atoms with Crippen LogP contribution in [-0.2, 0) is 14.1 Å². The molecule has 1 aromatic rings. The summed E-state index contributed by atoms with van der Waals surface area (Å²) in [6.07, 6.45) is 0.872. The summed E-state index contributed by atoms with van der Waals surface area (Å²) < 4.78 is 2.50. The van der Waals surface area contributed by atoms with Crippen molar-refractivity contribution in [3.8, 4) is 0 Å². The fraction of sp³-hybridized carbons (Fsp3) is 0.692. The Hall–Kier alpha value is -0.980. The molecule has 21 heavy (non-hydrogen) atoms. The van der Waals surface area contributed by atoms with E-state index in [-0.39, 0.29) is 11.2 Å². The smallest absolute Gasteiger partial charge is 0.332 e. The van der Waals surface area contributed by atoms with Crippen molar-refractivity contribution >= 4 is 29.0 Å². The van der Waals surface area contributed by atoms with Crippen LogP contribution < -0.4 is 16.6 Å². The van der Waals surface area contributed by atoms with Gasteiger partial charge < -0.3 is 10.2 Å². The van der Waals surface area contributed by atoms with Crippen LogP contribution >= 0.6 is 23.2 Å². The Bertz CT molecular complexity index is 550. The highest BCUT2D eigenvalue weighted by atomic mass is 35.5. The fourth-order valence-corrected chi connectivity index (χ4v) is 2.47. The molecule has 0 amide bonds. The molecule has 0 aromatic carbocycles. The lowest BCUT2D eigenvalue weighted by molar-refractivity contribution is 0.306. The molecule has 0 aliphatic carbocycles. The first-order valence-corrected chi connectivity index (χ1v) is 7.93. The van der Waals surface area contributed by atoms with E-state index in [1.54, 1.807) is 7.05 Å². The molecule has 6 nitrogen and oxygen atoms in total. The lowest BCUT2D eigenvalue weighted by Gasteiger charge is -2.20. The molecule has 120 valence electrons. The summed E-state index contributed by atoms with van der Waals surface area (Å²) in [4.78, 5) is 25.6. The second-order valence-electron chi connectivity index (χ2n) is 4.77. The van der Waals surface area contributed by atoms with E-state index in [0.717, 1.165) is 30.6 Å². The van der Waals surface area contributed by atoms with Gasteiger partial charge in [-0.25, -0.2) is 4.79 Å². The largest absolute Gasteiger partial charge is 0.371 e. The van der Waals surface area contributed by atoms with Crippen LogP contribution in [0.3, 0.4) is 0 Å². The van der Waals surface area contributed by atoms with Crippen molar-refractivity contribution < 1.29 is 0 Å². The van der Waals surface area contributed by atoms with E-state index in [2.05, 4.69) is 10.2 Å². The summed E-state index contributed by atoms with van der Waals surface area (Å²) in [6.45, 7) is 3.14. The van der Waals surface area contributed by atoms with Gasteiger partial charge >= 0.3 is 5.69 Å². The molecule has 0 saturated heterocycles. The van der Waals surface area contributed by atoms with Crippen LogP contribution in [0.1, 0.15) is 6.42 Å². The third kappa shape index (κ3) is 5.37. The lowest BCUT2D eigenvalue weighted by Crippen LogP contribution is -2.37. The second-order valence-corrected chi connectivity index (χ2v) is 5.52. The van der Waals surface area contributed by atoms with Gasteiger partial charge in [-0.05, 0) is 13.0 Å². The van der Waals surface area contributed by atoms with Crippen molar-refractivity contribution in [1.29, 1.82) is 0 Å². The highest BCUT2D eigenvalue weighted by Gasteiger charge is 2.06. The van der Waals surface area contributed by atoms with Gasteiger partial charge in [-0.2, -0.15) is 0 Å². The number of hydrogen-bond donors (Lipinski definition) is 1. The van der Waals surface area contributed by atoms with E-state index in [4.69, 9.17) is 23.2 Å². The molecular weight excluding hydrogens is 315 g/mol. The van der Waals surface area contributed by atoms with Gasteiger partial charge in [0, 0.05) is 51.6 Å². The van der Waals surface area contributed by atoms with Gasteiger partial charge in [-0.1, -0.05) is 0 Å². The van der Waals surface area contributed by atoms with Crippen LogP contribution in [0.5, 0.6) is 0 Å². The number of aromatic nitrogens is 2. The predicted molar refractivity (Wildman–Crippen MR) is 87.9 cm³/mol. The minimum absolute atomic E-state index is 0.313. The average Bonchev–Trinajstić information content (AvgIpc) is 2.46. The Kier molecular flexibility index (Phi) is 7.85. The van der Waals surface area contributed by atoms with Crippen LogP contribution in [0, 0.1) is 0 Å².